The minimum atomic E-state index is -0.242. The molecular weight excluding hydrogens is 366 g/mol. The lowest BCUT2D eigenvalue weighted by atomic mass is 9.78. The monoisotopic (exact) mass is 389 g/mol. The summed E-state index contributed by atoms with van der Waals surface area (Å²) in [6, 6.07) is 19.6. The van der Waals surface area contributed by atoms with Crippen molar-refractivity contribution >= 4 is 11.6 Å². The van der Waals surface area contributed by atoms with Crippen molar-refractivity contribution in [1.29, 1.82) is 0 Å². The van der Waals surface area contributed by atoms with Gasteiger partial charge >= 0.3 is 0 Å². The standard InChI is InChI=1S/C23H23N3O3/c1-25-13-19-21(16-9-5-6-10-18(16)25)17(14-27)22(15-7-3-2-4-8-15)26(19)23(28)20-11-12-24-29-20/h2-12,17,19,21-22,27H,13-14H2,1H3/t17-,19-,21-,22-/m1/s1. The van der Waals surface area contributed by atoms with Crippen LogP contribution in [0.2, 0.25) is 0 Å². The normalized spacial score (nSPS) is 25.6. The fourth-order valence-electron chi connectivity index (χ4n) is 5.20. The Morgan fingerprint density at radius 1 is 1.14 bits per heavy atom. The van der Waals surface area contributed by atoms with E-state index in [4.69, 9.17) is 4.52 Å². The number of aliphatic hydroxyl groups excluding tert-OH is 1. The molecule has 2 aromatic carbocycles. The largest absolute Gasteiger partial charge is 0.396 e. The van der Waals surface area contributed by atoms with Gasteiger partial charge in [-0.05, 0) is 17.2 Å². The maximum atomic E-state index is 13.5. The van der Waals surface area contributed by atoms with Crippen LogP contribution >= 0.6 is 0 Å². The summed E-state index contributed by atoms with van der Waals surface area (Å²) in [5, 5.41) is 14.2. The van der Waals surface area contributed by atoms with E-state index in [1.807, 2.05) is 47.4 Å². The highest BCUT2D eigenvalue weighted by Crippen LogP contribution is 2.53. The van der Waals surface area contributed by atoms with Crippen molar-refractivity contribution in [1.82, 2.24) is 10.1 Å². The molecule has 148 valence electrons. The summed E-state index contributed by atoms with van der Waals surface area (Å²) in [6.07, 6.45) is 1.49. The Labute approximate surface area is 169 Å². The first-order valence-corrected chi connectivity index (χ1v) is 9.90. The molecule has 0 bridgehead atoms. The van der Waals surface area contributed by atoms with Crippen LogP contribution in [0.5, 0.6) is 0 Å². The Kier molecular flexibility index (Phi) is 4.36. The third kappa shape index (κ3) is 2.75. The van der Waals surface area contributed by atoms with Gasteiger partial charge < -0.3 is 19.4 Å². The Morgan fingerprint density at radius 3 is 2.62 bits per heavy atom. The molecule has 0 spiro atoms. The number of nitrogens with zero attached hydrogens (tertiary/aromatic N) is 3. The number of fused-ring (bicyclic) bond motifs is 3. The zero-order valence-corrected chi connectivity index (χ0v) is 16.2. The maximum Gasteiger partial charge on any atom is 0.293 e. The molecule has 6 nitrogen and oxygen atoms in total. The SMILES string of the molecule is CN1C[C@@H]2[C@H](c3ccccc31)[C@@H](CO)[C@@H](c1ccccc1)N2C(=O)c1ccno1. The molecule has 1 fully saturated rings. The Hall–Kier alpha value is -3.12. The van der Waals surface area contributed by atoms with E-state index in [-0.39, 0.29) is 42.2 Å². The van der Waals surface area contributed by atoms with Crippen LogP contribution in [0.1, 0.15) is 33.6 Å². The molecule has 3 heterocycles. The van der Waals surface area contributed by atoms with Crippen LogP contribution in [0.15, 0.2) is 71.4 Å². The molecule has 0 radical (unpaired) electrons. The zero-order valence-electron chi connectivity index (χ0n) is 16.2. The first kappa shape index (κ1) is 17.9. The number of benzene rings is 2. The highest BCUT2D eigenvalue weighted by Gasteiger charge is 2.54. The lowest BCUT2D eigenvalue weighted by Gasteiger charge is -2.39. The Morgan fingerprint density at radius 2 is 1.90 bits per heavy atom. The van der Waals surface area contributed by atoms with Gasteiger partial charge in [-0.25, -0.2) is 0 Å². The number of amides is 1. The minimum Gasteiger partial charge on any atom is -0.396 e. The van der Waals surface area contributed by atoms with Gasteiger partial charge in [0.2, 0.25) is 5.76 Å². The number of hydrogen-bond acceptors (Lipinski definition) is 5. The molecular formula is C23H23N3O3. The van der Waals surface area contributed by atoms with Gasteiger partial charge in [0.05, 0.1) is 18.3 Å². The van der Waals surface area contributed by atoms with Gasteiger partial charge in [0.1, 0.15) is 0 Å². The smallest absolute Gasteiger partial charge is 0.293 e. The summed E-state index contributed by atoms with van der Waals surface area (Å²) in [4.78, 5) is 17.6. The number of hydrogen-bond donors (Lipinski definition) is 1. The number of likely N-dealkylation sites (tertiary alicyclic amines) is 1. The fourth-order valence-corrected chi connectivity index (χ4v) is 5.20. The fraction of sp³-hybridized carbons (Fsp3) is 0.304. The van der Waals surface area contributed by atoms with Crippen LogP contribution < -0.4 is 4.90 Å². The summed E-state index contributed by atoms with van der Waals surface area (Å²) in [5.41, 5.74) is 3.36. The average molecular weight is 389 g/mol. The molecule has 1 aromatic heterocycles. The lowest BCUT2D eigenvalue weighted by Crippen LogP contribution is -2.47. The van der Waals surface area contributed by atoms with Crippen molar-refractivity contribution in [2.45, 2.75) is 18.0 Å². The molecule has 1 N–H and O–H groups in total. The van der Waals surface area contributed by atoms with E-state index in [0.29, 0.717) is 6.54 Å². The van der Waals surface area contributed by atoms with E-state index >= 15 is 0 Å². The maximum absolute atomic E-state index is 13.5. The molecule has 6 heteroatoms. The van der Waals surface area contributed by atoms with Crippen LogP contribution in [0.25, 0.3) is 0 Å². The van der Waals surface area contributed by atoms with Gasteiger partial charge in [0.25, 0.3) is 5.91 Å². The molecule has 4 atom stereocenters. The molecule has 0 unspecified atom stereocenters. The highest BCUT2D eigenvalue weighted by atomic mass is 16.5. The summed E-state index contributed by atoms with van der Waals surface area (Å²) in [7, 11) is 2.05. The summed E-state index contributed by atoms with van der Waals surface area (Å²) in [5.74, 6) is -0.0199. The molecule has 29 heavy (non-hydrogen) atoms. The minimum absolute atomic E-state index is 0.00103. The molecule has 2 aliphatic rings. The van der Waals surface area contributed by atoms with Gasteiger partial charge in [-0.15, -0.1) is 0 Å². The van der Waals surface area contributed by atoms with Gasteiger partial charge in [0, 0.05) is 43.8 Å². The van der Waals surface area contributed by atoms with Crippen LogP contribution in [0, 0.1) is 5.92 Å². The second-order valence-electron chi connectivity index (χ2n) is 7.82. The number of likely N-dealkylation sites (N-methyl/N-ethyl adjacent to an activating group) is 1. The second-order valence-corrected chi connectivity index (χ2v) is 7.82. The number of rotatable bonds is 3. The molecule has 5 rings (SSSR count). The predicted octanol–water partition coefficient (Wildman–Crippen LogP) is 3.08. The molecule has 1 amide bonds. The Bertz CT molecular complexity index is 1010. The topological polar surface area (TPSA) is 69.8 Å². The predicted molar refractivity (Wildman–Crippen MR) is 109 cm³/mol. The summed E-state index contributed by atoms with van der Waals surface area (Å²) in [6.45, 7) is 0.695. The van der Waals surface area contributed by atoms with E-state index < -0.39 is 0 Å². The van der Waals surface area contributed by atoms with Crippen LogP contribution in [0.3, 0.4) is 0 Å². The van der Waals surface area contributed by atoms with Gasteiger partial charge in [-0.2, -0.15) is 0 Å². The van der Waals surface area contributed by atoms with Crippen molar-refractivity contribution in [3.05, 3.63) is 83.7 Å². The van der Waals surface area contributed by atoms with Crippen LogP contribution in [0.4, 0.5) is 5.69 Å². The van der Waals surface area contributed by atoms with Crippen molar-refractivity contribution in [2.75, 3.05) is 25.1 Å². The quantitative estimate of drug-likeness (QED) is 0.746. The van der Waals surface area contributed by atoms with Crippen molar-refractivity contribution in [3.63, 3.8) is 0 Å². The van der Waals surface area contributed by atoms with E-state index in [1.165, 1.54) is 11.8 Å². The van der Waals surface area contributed by atoms with Gasteiger partial charge in [0.15, 0.2) is 0 Å². The Balaban J connectivity index is 1.68. The van der Waals surface area contributed by atoms with Crippen LogP contribution in [-0.2, 0) is 0 Å². The first-order valence-electron chi connectivity index (χ1n) is 9.90. The summed E-state index contributed by atoms with van der Waals surface area (Å²) >= 11 is 0. The average Bonchev–Trinajstić information content (AvgIpc) is 3.40. The van der Waals surface area contributed by atoms with E-state index in [1.54, 1.807) is 6.07 Å². The third-order valence-corrected chi connectivity index (χ3v) is 6.34. The number of aromatic nitrogens is 1. The molecule has 0 saturated carbocycles. The first-order chi connectivity index (χ1) is 14.2. The number of carbonyl (C=O) groups excluding carboxylic acids is 1. The van der Waals surface area contributed by atoms with Crippen LogP contribution in [-0.4, -0.2) is 47.3 Å². The number of aliphatic hydroxyl groups is 1. The van der Waals surface area contributed by atoms with E-state index in [0.717, 1.165) is 11.3 Å². The molecule has 3 aromatic rings. The highest BCUT2D eigenvalue weighted by molar-refractivity contribution is 5.92. The van der Waals surface area contributed by atoms with Gasteiger partial charge in [-0.1, -0.05) is 53.7 Å². The molecule has 1 saturated heterocycles. The number of carbonyl (C=O) groups is 1. The van der Waals surface area contributed by atoms with E-state index in [9.17, 15) is 9.90 Å². The van der Waals surface area contributed by atoms with Crippen molar-refractivity contribution in [2.24, 2.45) is 5.92 Å². The van der Waals surface area contributed by atoms with E-state index in [2.05, 4.69) is 29.2 Å². The molecule has 2 aliphatic heterocycles. The van der Waals surface area contributed by atoms with Crippen molar-refractivity contribution < 1.29 is 14.4 Å². The zero-order chi connectivity index (χ0) is 20.0. The molecule has 0 aliphatic carbocycles. The summed E-state index contributed by atoms with van der Waals surface area (Å²) < 4.78 is 5.22. The van der Waals surface area contributed by atoms with Gasteiger partial charge in [-0.3, -0.25) is 4.79 Å². The number of para-hydroxylation sites is 1. The number of anilines is 1. The van der Waals surface area contributed by atoms with Crippen molar-refractivity contribution in [3.8, 4) is 0 Å². The lowest BCUT2D eigenvalue weighted by molar-refractivity contribution is 0.0593. The third-order valence-electron chi connectivity index (χ3n) is 6.34. The second kappa shape index (κ2) is 7.04.